The summed E-state index contributed by atoms with van der Waals surface area (Å²) in [6.45, 7) is 6.65. The molecule has 2 aromatic rings. The number of rotatable bonds is 6. The Hall–Kier alpha value is -2.22. The molecule has 0 aromatic heterocycles. The van der Waals surface area contributed by atoms with Crippen LogP contribution in [0.25, 0.3) is 0 Å². The lowest BCUT2D eigenvalue weighted by atomic mass is 10.1. The van der Waals surface area contributed by atoms with Gasteiger partial charge in [-0.15, -0.1) is 0 Å². The van der Waals surface area contributed by atoms with Gasteiger partial charge >= 0.3 is 0 Å². The summed E-state index contributed by atoms with van der Waals surface area (Å²) >= 11 is 0. The van der Waals surface area contributed by atoms with Crippen molar-refractivity contribution in [1.82, 2.24) is 14.1 Å². The van der Waals surface area contributed by atoms with Gasteiger partial charge in [-0.25, -0.2) is 8.42 Å². The highest BCUT2D eigenvalue weighted by Gasteiger charge is 2.29. The average molecular weight is 416 g/mol. The summed E-state index contributed by atoms with van der Waals surface area (Å²) in [5.74, 6) is 0.0410. The third-order valence-electron chi connectivity index (χ3n) is 5.49. The van der Waals surface area contributed by atoms with Gasteiger partial charge in [0.1, 0.15) is 0 Å². The van der Waals surface area contributed by atoms with Crippen molar-refractivity contribution in [3.05, 3.63) is 65.2 Å². The number of amides is 1. The number of carbonyl (C=O) groups is 1. The standard InChI is InChI=1S/C22H29N3O3S/c1-18-9-10-21(15-19(18)2)29(27,28)25-13-11-24(12-14-25)17-22(26)23(3)16-20-7-5-4-6-8-20/h4-10,15H,11-14,16-17H2,1-3H3. The molecule has 0 N–H and O–H groups in total. The van der Waals surface area contributed by atoms with Gasteiger partial charge in [-0.05, 0) is 42.7 Å². The lowest BCUT2D eigenvalue weighted by molar-refractivity contribution is -0.131. The molecule has 0 saturated carbocycles. The fraction of sp³-hybridized carbons (Fsp3) is 0.409. The van der Waals surface area contributed by atoms with Gasteiger partial charge in [0.05, 0.1) is 11.4 Å². The molecule has 0 unspecified atom stereocenters. The zero-order chi connectivity index (χ0) is 21.0. The maximum absolute atomic E-state index is 12.9. The van der Waals surface area contributed by atoms with Gasteiger partial charge in [0.2, 0.25) is 15.9 Å². The highest BCUT2D eigenvalue weighted by Crippen LogP contribution is 2.20. The highest BCUT2D eigenvalue weighted by molar-refractivity contribution is 7.89. The van der Waals surface area contributed by atoms with Crippen molar-refractivity contribution in [3.8, 4) is 0 Å². The predicted octanol–water partition coefficient (Wildman–Crippen LogP) is 2.27. The number of carbonyl (C=O) groups excluding carboxylic acids is 1. The van der Waals surface area contributed by atoms with Crippen molar-refractivity contribution in [3.63, 3.8) is 0 Å². The van der Waals surface area contributed by atoms with Gasteiger partial charge in [0, 0.05) is 39.8 Å². The summed E-state index contributed by atoms with van der Waals surface area (Å²) in [5.41, 5.74) is 3.14. The quantitative estimate of drug-likeness (QED) is 0.726. The monoisotopic (exact) mass is 415 g/mol. The molecule has 0 spiro atoms. The van der Waals surface area contributed by atoms with Crippen LogP contribution >= 0.6 is 0 Å². The van der Waals surface area contributed by atoms with E-state index in [1.165, 1.54) is 4.31 Å². The second-order valence-corrected chi connectivity index (χ2v) is 9.60. The molecule has 1 aliphatic heterocycles. The van der Waals surface area contributed by atoms with Crippen molar-refractivity contribution >= 4 is 15.9 Å². The molecule has 3 rings (SSSR count). The Bertz CT molecular complexity index is 953. The number of aryl methyl sites for hydroxylation is 2. The van der Waals surface area contributed by atoms with E-state index in [4.69, 9.17) is 0 Å². The minimum Gasteiger partial charge on any atom is -0.340 e. The molecule has 2 aromatic carbocycles. The minimum atomic E-state index is -3.50. The normalized spacial score (nSPS) is 16.0. The van der Waals surface area contributed by atoms with Crippen molar-refractivity contribution in [1.29, 1.82) is 0 Å². The number of hydrogen-bond donors (Lipinski definition) is 0. The molecule has 0 bridgehead atoms. The topological polar surface area (TPSA) is 60.9 Å². The van der Waals surface area contributed by atoms with Crippen LogP contribution in [-0.2, 0) is 21.4 Å². The smallest absolute Gasteiger partial charge is 0.243 e. The van der Waals surface area contributed by atoms with Crippen molar-refractivity contribution in [2.75, 3.05) is 39.8 Å². The third-order valence-corrected chi connectivity index (χ3v) is 7.39. The van der Waals surface area contributed by atoms with Crippen LogP contribution in [0.1, 0.15) is 16.7 Å². The van der Waals surface area contributed by atoms with Gasteiger partial charge in [-0.3, -0.25) is 9.69 Å². The Morgan fingerprint density at radius 1 is 0.966 bits per heavy atom. The van der Waals surface area contributed by atoms with Crippen LogP contribution in [0.4, 0.5) is 0 Å². The van der Waals surface area contributed by atoms with Crippen LogP contribution in [0.3, 0.4) is 0 Å². The first kappa shape index (κ1) is 21.5. The van der Waals surface area contributed by atoms with E-state index in [0.29, 0.717) is 44.2 Å². The van der Waals surface area contributed by atoms with Gasteiger partial charge in [0.15, 0.2) is 0 Å². The Labute approximate surface area is 173 Å². The van der Waals surface area contributed by atoms with Crippen molar-refractivity contribution < 1.29 is 13.2 Å². The van der Waals surface area contributed by atoms with Gasteiger partial charge in [-0.1, -0.05) is 36.4 Å². The molecule has 1 heterocycles. The first-order chi connectivity index (χ1) is 13.8. The van der Waals surface area contributed by atoms with Gasteiger partial charge in [0.25, 0.3) is 0 Å². The predicted molar refractivity (Wildman–Crippen MR) is 114 cm³/mol. The summed E-state index contributed by atoms with van der Waals surface area (Å²) in [5, 5.41) is 0. The average Bonchev–Trinajstić information content (AvgIpc) is 2.71. The molecule has 29 heavy (non-hydrogen) atoms. The van der Waals surface area contributed by atoms with E-state index < -0.39 is 10.0 Å². The molecule has 1 aliphatic rings. The Balaban J connectivity index is 1.54. The number of piperazine rings is 1. The zero-order valence-corrected chi connectivity index (χ0v) is 18.2. The molecule has 0 radical (unpaired) electrons. The Morgan fingerprint density at radius 3 is 2.24 bits per heavy atom. The first-order valence-electron chi connectivity index (χ1n) is 9.85. The SMILES string of the molecule is Cc1ccc(S(=O)(=O)N2CCN(CC(=O)N(C)Cc3ccccc3)CC2)cc1C. The van der Waals surface area contributed by atoms with Crippen LogP contribution in [0, 0.1) is 13.8 Å². The molecule has 0 atom stereocenters. The molecule has 1 amide bonds. The number of likely N-dealkylation sites (N-methyl/N-ethyl adjacent to an activating group) is 1. The number of nitrogens with zero attached hydrogens (tertiary/aromatic N) is 3. The number of sulfonamides is 1. The largest absolute Gasteiger partial charge is 0.340 e. The second-order valence-electron chi connectivity index (χ2n) is 7.66. The maximum Gasteiger partial charge on any atom is 0.243 e. The molecular weight excluding hydrogens is 386 g/mol. The fourth-order valence-corrected chi connectivity index (χ4v) is 4.92. The first-order valence-corrected chi connectivity index (χ1v) is 11.3. The van der Waals surface area contributed by atoms with E-state index in [9.17, 15) is 13.2 Å². The summed E-state index contributed by atoms with van der Waals surface area (Å²) in [4.78, 5) is 16.6. The maximum atomic E-state index is 12.9. The van der Waals surface area contributed by atoms with E-state index >= 15 is 0 Å². The molecule has 7 heteroatoms. The van der Waals surface area contributed by atoms with Crippen LogP contribution in [0.2, 0.25) is 0 Å². The molecular formula is C22H29N3O3S. The van der Waals surface area contributed by atoms with Crippen molar-refractivity contribution in [2.45, 2.75) is 25.3 Å². The van der Waals surface area contributed by atoms with E-state index in [2.05, 4.69) is 0 Å². The highest BCUT2D eigenvalue weighted by atomic mass is 32.2. The Kier molecular flexibility index (Phi) is 6.72. The van der Waals surface area contributed by atoms with Crippen LogP contribution in [0.5, 0.6) is 0 Å². The lowest BCUT2D eigenvalue weighted by Gasteiger charge is -2.34. The summed E-state index contributed by atoms with van der Waals surface area (Å²) in [6.07, 6.45) is 0. The second kappa shape index (κ2) is 9.07. The summed E-state index contributed by atoms with van der Waals surface area (Å²) < 4.78 is 27.4. The van der Waals surface area contributed by atoms with Gasteiger partial charge in [-0.2, -0.15) is 4.31 Å². The fourth-order valence-electron chi connectivity index (χ4n) is 3.41. The van der Waals surface area contributed by atoms with Crippen LogP contribution in [-0.4, -0.2) is 68.2 Å². The third kappa shape index (κ3) is 5.23. The molecule has 156 valence electrons. The van der Waals surface area contributed by atoms with E-state index in [0.717, 1.165) is 16.7 Å². The molecule has 6 nitrogen and oxygen atoms in total. The number of hydrogen-bond acceptors (Lipinski definition) is 4. The van der Waals surface area contributed by atoms with Crippen LogP contribution in [0.15, 0.2) is 53.4 Å². The minimum absolute atomic E-state index is 0.0410. The van der Waals surface area contributed by atoms with E-state index in [-0.39, 0.29) is 5.91 Å². The summed E-state index contributed by atoms with van der Waals surface area (Å²) in [6, 6.07) is 15.1. The van der Waals surface area contributed by atoms with Crippen LogP contribution < -0.4 is 0 Å². The Morgan fingerprint density at radius 2 is 1.62 bits per heavy atom. The van der Waals surface area contributed by atoms with Gasteiger partial charge < -0.3 is 4.90 Å². The van der Waals surface area contributed by atoms with Crippen molar-refractivity contribution in [2.24, 2.45) is 0 Å². The molecule has 1 saturated heterocycles. The van der Waals surface area contributed by atoms with E-state index in [1.54, 1.807) is 24.1 Å². The number of benzene rings is 2. The lowest BCUT2D eigenvalue weighted by Crippen LogP contribution is -2.51. The summed E-state index contributed by atoms with van der Waals surface area (Å²) in [7, 11) is -1.70. The molecule has 0 aliphatic carbocycles. The van der Waals surface area contributed by atoms with E-state index in [1.807, 2.05) is 55.1 Å². The zero-order valence-electron chi connectivity index (χ0n) is 17.3. The molecule has 1 fully saturated rings.